The topological polar surface area (TPSA) is 33.5 Å². The minimum Gasteiger partial charge on any atom is -0.467 e. The summed E-state index contributed by atoms with van der Waals surface area (Å²) >= 11 is 6.31. The summed E-state index contributed by atoms with van der Waals surface area (Å²) in [5.41, 5.74) is 2.19. The highest BCUT2D eigenvalue weighted by molar-refractivity contribution is 6.31. The maximum absolute atomic E-state index is 13.2. The Bertz CT molecular complexity index is 876. The molecule has 1 saturated carbocycles. The zero-order valence-electron chi connectivity index (χ0n) is 14.3. The highest BCUT2D eigenvalue weighted by atomic mass is 35.5. The molecule has 0 bridgehead atoms. The van der Waals surface area contributed by atoms with E-state index >= 15 is 0 Å². The van der Waals surface area contributed by atoms with Crippen LogP contribution < -0.4 is 0 Å². The van der Waals surface area contributed by atoms with Crippen molar-refractivity contribution in [3.05, 3.63) is 94.9 Å². The summed E-state index contributed by atoms with van der Waals surface area (Å²) in [6, 6.07) is 21.6. The van der Waals surface area contributed by atoms with Crippen molar-refractivity contribution in [2.75, 3.05) is 0 Å². The third kappa shape index (κ3) is 3.68. The standard InChI is InChI=1S/C22H20ClNO2/c23-21-11-5-4-10-18(21)19-13-20(19)22(25)24(15-17-9-6-12-26-17)14-16-7-2-1-3-8-16/h1-12,19-20H,13-15H2. The van der Waals surface area contributed by atoms with Crippen molar-refractivity contribution in [3.63, 3.8) is 0 Å². The van der Waals surface area contributed by atoms with Gasteiger partial charge in [0, 0.05) is 17.5 Å². The predicted molar refractivity (Wildman–Crippen MR) is 102 cm³/mol. The average molecular weight is 366 g/mol. The van der Waals surface area contributed by atoms with Crippen LogP contribution in [0.2, 0.25) is 5.02 Å². The Balaban J connectivity index is 1.52. The second-order valence-electron chi connectivity index (χ2n) is 6.73. The van der Waals surface area contributed by atoms with E-state index in [0.29, 0.717) is 13.1 Å². The average Bonchev–Trinajstić information content (AvgIpc) is 3.29. The Morgan fingerprint density at radius 3 is 2.50 bits per heavy atom. The van der Waals surface area contributed by atoms with Crippen LogP contribution in [0.25, 0.3) is 0 Å². The third-order valence-electron chi connectivity index (χ3n) is 4.87. The minimum atomic E-state index is -0.00595. The second kappa shape index (κ2) is 7.38. The van der Waals surface area contributed by atoms with E-state index in [4.69, 9.17) is 16.0 Å². The van der Waals surface area contributed by atoms with E-state index in [1.54, 1.807) is 6.26 Å². The molecule has 2 unspecified atom stereocenters. The van der Waals surface area contributed by atoms with E-state index in [-0.39, 0.29) is 17.7 Å². The van der Waals surface area contributed by atoms with Crippen LogP contribution in [0, 0.1) is 5.92 Å². The van der Waals surface area contributed by atoms with E-state index in [0.717, 1.165) is 28.3 Å². The molecular formula is C22H20ClNO2. The number of hydrogen-bond acceptors (Lipinski definition) is 2. The molecule has 4 rings (SSSR count). The zero-order valence-corrected chi connectivity index (χ0v) is 15.1. The molecule has 1 aromatic heterocycles. The molecule has 0 aliphatic heterocycles. The van der Waals surface area contributed by atoms with Crippen LogP contribution in [0.4, 0.5) is 0 Å². The molecule has 1 fully saturated rings. The van der Waals surface area contributed by atoms with Crippen LogP contribution in [-0.2, 0) is 17.9 Å². The molecule has 2 aromatic carbocycles. The first-order valence-corrected chi connectivity index (χ1v) is 9.19. The smallest absolute Gasteiger partial charge is 0.227 e. The molecule has 1 aliphatic carbocycles. The molecule has 3 nitrogen and oxygen atoms in total. The molecule has 26 heavy (non-hydrogen) atoms. The Hall–Kier alpha value is -2.52. The molecule has 2 atom stereocenters. The van der Waals surface area contributed by atoms with E-state index in [1.165, 1.54) is 0 Å². The van der Waals surface area contributed by atoms with Gasteiger partial charge in [0.1, 0.15) is 5.76 Å². The molecule has 0 N–H and O–H groups in total. The van der Waals surface area contributed by atoms with Crippen molar-refractivity contribution in [2.24, 2.45) is 5.92 Å². The monoisotopic (exact) mass is 365 g/mol. The van der Waals surface area contributed by atoms with Gasteiger partial charge in [0.2, 0.25) is 5.91 Å². The van der Waals surface area contributed by atoms with Crippen molar-refractivity contribution in [2.45, 2.75) is 25.4 Å². The van der Waals surface area contributed by atoms with Crippen molar-refractivity contribution >= 4 is 17.5 Å². The normalized spacial score (nSPS) is 18.5. The summed E-state index contributed by atoms with van der Waals surface area (Å²) in [6.07, 6.45) is 2.50. The molecule has 3 aromatic rings. The van der Waals surface area contributed by atoms with Gasteiger partial charge in [-0.05, 0) is 41.7 Å². The van der Waals surface area contributed by atoms with Gasteiger partial charge >= 0.3 is 0 Å². The van der Waals surface area contributed by atoms with Crippen LogP contribution in [-0.4, -0.2) is 10.8 Å². The van der Waals surface area contributed by atoms with Crippen LogP contribution >= 0.6 is 11.6 Å². The lowest BCUT2D eigenvalue weighted by Crippen LogP contribution is -2.31. The van der Waals surface area contributed by atoms with Gasteiger partial charge in [-0.3, -0.25) is 4.79 Å². The quantitative estimate of drug-likeness (QED) is 0.596. The van der Waals surface area contributed by atoms with E-state index in [1.807, 2.05) is 71.6 Å². The van der Waals surface area contributed by atoms with Crippen LogP contribution in [0.3, 0.4) is 0 Å². The van der Waals surface area contributed by atoms with Gasteiger partial charge in [-0.2, -0.15) is 0 Å². The van der Waals surface area contributed by atoms with E-state index in [9.17, 15) is 4.79 Å². The van der Waals surface area contributed by atoms with E-state index < -0.39 is 0 Å². The van der Waals surface area contributed by atoms with Gasteiger partial charge in [0.25, 0.3) is 0 Å². The highest BCUT2D eigenvalue weighted by Gasteiger charge is 2.46. The molecular weight excluding hydrogens is 346 g/mol. The molecule has 0 saturated heterocycles. The Labute approximate surface area is 158 Å². The first-order chi connectivity index (χ1) is 12.7. The number of hydrogen-bond donors (Lipinski definition) is 0. The SMILES string of the molecule is O=C(C1CC1c1ccccc1Cl)N(Cc1ccccc1)Cc1ccco1. The van der Waals surface area contributed by atoms with Crippen molar-refractivity contribution < 1.29 is 9.21 Å². The molecule has 0 radical (unpaired) electrons. The number of benzene rings is 2. The highest BCUT2D eigenvalue weighted by Crippen LogP contribution is 2.50. The molecule has 1 heterocycles. The lowest BCUT2D eigenvalue weighted by molar-refractivity contribution is -0.134. The number of carbonyl (C=O) groups excluding carboxylic acids is 1. The van der Waals surface area contributed by atoms with E-state index in [2.05, 4.69) is 0 Å². The second-order valence-corrected chi connectivity index (χ2v) is 7.14. The lowest BCUT2D eigenvalue weighted by atomic mass is 10.1. The largest absolute Gasteiger partial charge is 0.467 e. The molecule has 0 spiro atoms. The molecule has 4 heteroatoms. The number of rotatable bonds is 6. The number of furan rings is 1. The number of amides is 1. The molecule has 132 valence electrons. The lowest BCUT2D eigenvalue weighted by Gasteiger charge is -2.22. The molecule has 1 aliphatic rings. The van der Waals surface area contributed by atoms with Gasteiger partial charge in [0.05, 0.1) is 12.8 Å². The van der Waals surface area contributed by atoms with Gasteiger partial charge in [0.15, 0.2) is 0 Å². The van der Waals surface area contributed by atoms with Crippen molar-refractivity contribution in [1.29, 1.82) is 0 Å². The van der Waals surface area contributed by atoms with Gasteiger partial charge in [-0.25, -0.2) is 0 Å². The van der Waals surface area contributed by atoms with Crippen LogP contribution in [0.5, 0.6) is 0 Å². The fourth-order valence-corrected chi connectivity index (χ4v) is 3.70. The Morgan fingerprint density at radius 1 is 1.00 bits per heavy atom. The van der Waals surface area contributed by atoms with Crippen LogP contribution in [0.15, 0.2) is 77.4 Å². The number of carbonyl (C=O) groups is 1. The Kier molecular flexibility index (Phi) is 4.81. The third-order valence-corrected chi connectivity index (χ3v) is 5.21. The molecule has 1 amide bonds. The minimum absolute atomic E-state index is 0.00595. The summed E-state index contributed by atoms with van der Waals surface area (Å²) in [6.45, 7) is 1.05. The fourth-order valence-electron chi connectivity index (χ4n) is 3.43. The summed E-state index contributed by atoms with van der Waals surface area (Å²) < 4.78 is 5.47. The zero-order chi connectivity index (χ0) is 17.9. The van der Waals surface area contributed by atoms with Gasteiger partial charge in [-0.1, -0.05) is 60.1 Å². The fraction of sp³-hybridized carbons (Fsp3) is 0.227. The van der Waals surface area contributed by atoms with Crippen molar-refractivity contribution in [3.8, 4) is 0 Å². The van der Waals surface area contributed by atoms with Crippen LogP contribution in [0.1, 0.15) is 29.2 Å². The first-order valence-electron chi connectivity index (χ1n) is 8.82. The first kappa shape index (κ1) is 16.9. The Morgan fingerprint density at radius 2 is 1.77 bits per heavy atom. The number of halogens is 1. The maximum atomic E-state index is 13.2. The van der Waals surface area contributed by atoms with Crippen molar-refractivity contribution in [1.82, 2.24) is 4.90 Å². The summed E-state index contributed by atoms with van der Waals surface area (Å²) in [5, 5.41) is 0.744. The van der Waals surface area contributed by atoms with Gasteiger partial charge in [-0.15, -0.1) is 0 Å². The number of nitrogens with zero attached hydrogens (tertiary/aromatic N) is 1. The summed E-state index contributed by atoms with van der Waals surface area (Å²) in [5.74, 6) is 1.17. The maximum Gasteiger partial charge on any atom is 0.227 e. The summed E-state index contributed by atoms with van der Waals surface area (Å²) in [7, 11) is 0. The van der Waals surface area contributed by atoms with Gasteiger partial charge < -0.3 is 9.32 Å². The summed E-state index contributed by atoms with van der Waals surface area (Å²) in [4.78, 5) is 15.1. The predicted octanol–water partition coefficient (Wildman–Crippen LogP) is 5.27.